The molecule has 1 aromatic heterocycles. The second kappa shape index (κ2) is 9.74. The summed E-state index contributed by atoms with van der Waals surface area (Å²) in [6.45, 7) is 0.600. The van der Waals surface area contributed by atoms with Gasteiger partial charge in [-0.05, 0) is 93.2 Å². The molecule has 0 aliphatic heterocycles. The number of benzene rings is 3. The second-order valence-corrected chi connectivity index (χ2v) is 9.30. The molecule has 3 aromatic carbocycles. The quantitative estimate of drug-likeness (QED) is 0.156. The molecule has 1 amide bonds. The van der Waals surface area contributed by atoms with E-state index in [-0.39, 0.29) is 5.91 Å². The summed E-state index contributed by atoms with van der Waals surface area (Å²) in [6.07, 6.45) is 5.70. The summed E-state index contributed by atoms with van der Waals surface area (Å²) in [7, 11) is 0. The molecule has 0 bridgehead atoms. The Bertz CT molecular complexity index is 1200. The molecule has 30 heavy (non-hydrogen) atoms. The molecule has 4 nitrogen and oxygen atoms in total. The molecule has 1 N–H and O–H groups in total. The van der Waals surface area contributed by atoms with Crippen LogP contribution in [0.2, 0.25) is 0 Å². The SMILES string of the molecule is O=C(CCn1c2ccc(I)cc2c2cc(I)ccc21)N/N=C\C=C\c1ccccc1. The Morgan fingerprint density at radius 1 is 0.933 bits per heavy atom. The number of halogens is 2. The van der Waals surface area contributed by atoms with Crippen LogP contribution in [0.15, 0.2) is 77.9 Å². The van der Waals surface area contributed by atoms with E-state index in [1.807, 2.05) is 42.5 Å². The number of hydrogen-bond donors (Lipinski definition) is 1. The van der Waals surface area contributed by atoms with Gasteiger partial charge < -0.3 is 4.57 Å². The molecule has 0 aliphatic carbocycles. The zero-order valence-electron chi connectivity index (χ0n) is 16.1. The topological polar surface area (TPSA) is 46.4 Å². The van der Waals surface area contributed by atoms with Crippen LogP contribution in [-0.2, 0) is 11.3 Å². The van der Waals surface area contributed by atoms with Crippen molar-refractivity contribution in [1.82, 2.24) is 9.99 Å². The van der Waals surface area contributed by atoms with Gasteiger partial charge in [-0.25, -0.2) is 5.43 Å². The lowest BCUT2D eigenvalue weighted by Gasteiger charge is -2.07. The van der Waals surface area contributed by atoms with E-state index in [1.165, 1.54) is 17.9 Å². The van der Waals surface area contributed by atoms with Crippen LogP contribution in [0.25, 0.3) is 27.9 Å². The monoisotopic (exact) mass is 619 g/mol. The summed E-state index contributed by atoms with van der Waals surface area (Å²) >= 11 is 4.68. The zero-order valence-corrected chi connectivity index (χ0v) is 20.4. The van der Waals surface area contributed by atoms with Crippen molar-refractivity contribution in [3.05, 3.63) is 85.5 Å². The Labute approximate surface area is 202 Å². The van der Waals surface area contributed by atoms with Gasteiger partial charge in [-0.15, -0.1) is 0 Å². The molecule has 0 atom stereocenters. The van der Waals surface area contributed by atoms with Crippen molar-refractivity contribution in [3.63, 3.8) is 0 Å². The molecule has 4 aromatic rings. The first-order valence-electron chi connectivity index (χ1n) is 9.52. The number of carbonyl (C=O) groups excluding carboxylic acids is 1. The van der Waals surface area contributed by atoms with Crippen LogP contribution < -0.4 is 5.43 Å². The standard InChI is InChI=1S/C24H19I2N3O/c25-18-8-10-22-20(15-18)21-16-19(26)9-11-23(21)29(22)14-12-24(30)28-27-13-4-7-17-5-2-1-3-6-17/h1-11,13,15-16H,12,14H2,(H,28,30)/b7-4+,27-13-. The Morgan fingerprint density at radius 3 is 2.20 bits per heavy atom. The van der Waals surface area contributed by atoms with Crippen LogP contribution in [0, 0.1) is 7.14 Å². The highest BCUT2D eigenvalue weighted by Crippen LogP contribution is 2.31. The van der Waals surface area contributed by atoms with Gasteiger partial charge in [0.15, 0.2) is 0 Å². The molecule has 4 rings (SSSR count). The highest BCUT2D eigenvalue weighted by atomic mass is 127. The van der Waals surface area contributed by atoms with Gasteiger partial charge in [-0.2, -0.15) is 5.10 Å². The van der Waals surface area contributed by atoms with Gasteiger partial charge in [0.2, 0.25) is 5.91 Å². The summed E-state index contributed by atoms with van der Waals surface area (Å²) in [4.78, 5) is 12.3. The van der Waals surface area contributed by atoms with Crippen LogP contribution in [0.3, 0.4) is 0 Å². The molecule has 150 valence electrons. The Kier molecular flexibility index (Phi) is 6.83. The molecular weight excluding hydrogens is 600 g/mol. The van der Waals surface area contributed by atoms with E-state index < -0.39 is 0 Å². The third-order valence-corrected chi connectivity index (χ3v) is 6.13. The molecule has 0 saturated carbocycles. The number of nitrogens with one attached hydrogen (secondary N) is 1. The third-order valence-electron chi connectivity index (χ3n) is 4.79. The van der Waals surface area contributed by atoms with Crippen molar-refractivity contribution >= 4 is 85.2 Å². The predicted octanol–water partition coefficient (Wildman–Crippen LogP) is 6.21. The summed E-state index contributed by atoms with van der Waals surface area (Å²) in [5.74, 6) is -0.106. The fourth-order valence-electron chi connectivity index (χ4n) is 3.43. The molecule has 0 radical (unpaired) electrons. The normalized spacial score (nSPS) is 11.8. The summed E-state index contributed by atoms with van der Waals surface area (Å²) in [5.41, 5.74) is 5.99. The van der Waals surface area contributed by atoms with E-state index in [0.29, 0.717) is 13.0 Å². The maximum absolute atomic E-state index is 12.3. The van der Waals surface area contributed by atoms with E-state index in [1.54, 1.807) is 6.21 Å². The van der Waals surface area contributed by atoms with E-state index in [9.17, 15) is 4.79 Å². The van der Waals surface area contributed by atoms with Crippen molar-refractivity contribution in [2.75, 3.05) is 0 Å². The maximum Gasteiger partial charge on any atom is 0.241 e. The molecular formula is C24H19I2N3O. The lowest BCUT2D eigenvalue weighted by atomic mass is 10.2. The van der Waals surface area contributed by atoms with E-state index in [4.69, 9.17) is 0 Å². The van der Waals surface area contributed by atoms with Gasteiger partial charge in [0.25, 0.3) is 0 Å². The lowest BCUT2D eigenvalue weighted by molar-refractivity contribution is -0.121. The van der Waals surface area contributed by atoms with Crippen LogP contribution >= 0.6 is 45.2 Å². The van der Waals surface area contributed by atoms with Crippen molar-refractivity contribution in [3.8, 4) is 0 Å². The van der Waals surface area contributed by atoms with Gasteiger partial charge in [0.05, 0.1) is 0 Å². The van der Waals surface area contributed by atoms with Crippen LogP contribution in [0.5, 0.6) is 0 Å². The Morgan fingerprint density at radius 2 is 1.57 bits per heavy atom. The number of amides is 1. The molecule has 0 unspecified atom stereocenters. The number of allylic oxidation sites excluding steroid dienone is 1. The fraction of sp³-hybridized carbons (Fsp3) is 0.0833. The highest BCUT2D eigenvalue weighted by Gasteiger charge is 2.12. The Balaban J connectivity index is 1.45. The first-order chi connectivity index (χ1) is 14.6. The minimum atomic E-state index is -0.106. The van der Waals surface area contributed by atoms with E-state index in [2.05, 4.69) is 96.7 Å². The zero-order chi connectivity index (χ0) is 20.9. The van der Waals surface area contributed by atoms with Gasteiger partial charge in [0.1, 0.15) is 0 Å². The largest absolute Gasteiger partial charge is 0.340 e. The molecule has 0 spiro atoms. The number of nitrogens with zero attached hydrogens (tertiary/aromatic N) is 2. The third kappa shape index (κ3) is 4.92. The number of hydrogen-bond acceptors (Lipinski definition) is 2. The highest BCUT2D eigenvalue weighted by molar-refractivity contribution is 14.1. The fourth-order valence-corrected chi connectivity index (χ4v) is 4.41. The van der Waals surface area contributed by atoms with Crippen molar-refractivity contribution in [2.24, 2.45) is 5.10 Å². The van der Waals surface area contributed by atoms with Crippen LogP contribution in [0.1, 0.15) is 12.0 Å². The number of hydrazone groups is 1. The maximum atomic E-state index is 12.3. The molecule has 0 aliphatic rings. The minimum Gasteiger partial charge on any atom is -0.340 e. The van der Waals surface area contributed by atoms with E-state index in [0.717, 1.165) is 16.6 Å². The summed E-state index contributed by atoms with van der Waals surface area (Å²) in [5, 5.41) is 6.46. The van der Waals surface area contributed by atoms with Crippen molar-refractivity contribution in [1.29, 1.82) is 0 Å². The second-order valence-electron chi connectivity index (χ2n) is 6.81. The smallest absolute Gasteiger partial charge is 0.241 e. The van der Waals surface area contributed by atoms with E-state index >= 15 is 0 Å². The summed E-state index contributed by atoms with van der Waals surface area (Å²) in [6, 6.07) is 22.8. The van der Waals surface area contributed by atoms with Gasteiger partial charge in [-0.3, -0.25) is 4.79 Å². The number of aryl methyl sites for hydroxylation is 1. The first-order valence-corrected chi connectivity index (χ1v) is 11.7. The average Bonchev–Trinajstić information content (AvgIpc) is 3.05. The van der Waals surface area contributed by atoms with Crippen molar-refractivity contribution in [2.45, 2.75) is 13.0 Å². The van der Waals surface area contributed by atoms with Gasteiger partial charge in [-0.1, -0.05) is 36.4 Å². The van der Waals surface area contributed by atoms with Crippen LogP contribution in [0.4, 0.5) is 0 Å². The summed E-state index contributed by atoms with van der Waals surface area (Å²) < 4.78 is 4.62. The molecule has 0 fully saturated rings. The Hall–Kier alpha value is -2.20. The minimum absolute atomic E-state index is 0.106. The van der Waals surface area contributed by atoms with Gasteiger partial charge in [0, 0.05) is 48.1 Å². The molecule has 1 heterocycles. The average molecular weight is 619 g/mol. The number of fused-ring (bicyclic) bond motifs is 3. The van der Waals surface area contributed by atoms with Gasteiger partial charge >= 0.3 is 0 Å². The number of rotatable bonds is 6. The predicted molar refractivity (Wildman–Crippen MR) is 142 cm³/mol. The molecule has 0 saturated heterocycles. The number of aromatic nitrogens is 1. The molecule has 6 heteroatoms. The first kappa shape index (κ1) is 21.0. The van der Waals surface area contributed by atoms with Crippen molar-refractivity contribution < 1.29 is 4.79 Å². The van der Waals surface area contributed by atoms with Crippen LogP contribution in [-0.4, -0.2) is 16.7 Å². The lowest BCUT2D eigenvalue weighted by Crippen LogP contribution is -2.19. The number of carbonyl (C=O) groups is 1.